The van der Waals surface area contributed by atoms with Gasteiger partial charge < -0.3 is 4.57 Å². The molecular weight excluding hydrogens is 452 g/mol. The van der Waals surface area contributed by atoms with Gasteiger partial charge in [-0.05, 0) is 65.1 Å². The molecule has 8 aromatic rings. The lowest BCUT2D eigenvalue weighted by atomic mass is 10.0. The summed E-state index contributed by atoms with van der Waals surface area (Å²) in [6.07, 6.45) is 8.72. The van der Waals surface area contributed by atoms with Gasteiger partial charge in [0.05, 0.1) is 22.7 Å². The van der Waals surface area contributed by atoms with E-state index in [-0.39, 0.29) is 0 Å². The fourth-order valence-corrected chi connectivity index (χ4v) is 6.53. The van der Waals surface area contributed by atoms with Crippen LogP contribution in [0.1, 0.15) is 11.1 Å². The van der Waals surface area contributed by atoms with E-state index in [2.05, 4.69) is 98.9 Å². The lowest BCUT2D eigenvalue weighted by molar-refractivity contribution is 1.18. The van der Waals surface area contributed by atoms with E-state index in [1.165, 1.54) is 54.8 Å². The average molecular weight is 473 g/mol. The van der Waals surface area contributed by atoms with E-state index in [1.807, 2.05) is 24.8 Å². The lowest BCUT2D eigenvalue weighted by Crippen LogP contribution is -1.97. The highest BCUT2D eigenvalue weighted by Gasteiger charge is 2.24. The number of hydrogen-bond donors (Lipinski definition) is 0. The van der Waals surface area contributed by atoms with Crippen molar-refractivity contribution in [2.75, 3.05) is 0 Å². The van der Waals surface area contributed by atoms with E-state index in [0.29, 0.717) is 0 Å². The number of benzene rings is 4. The maximum absolute atomic E-state index is 4.76. The summed E-state index contributed by atoms with van der Waals surface area (Å²) >= 11 is 0. The minimum Gasteiger partial charge on any atom is -0.309 e. The summed E-state index contributed by atoms with van der Waals surface area (Å²) in [6, 6.07) is 31.0. The highest BCUT2D eigenvalue weighted by molar-refractivity contribution is 6.27. The third-order valence-corrected chi connectivity index (χ3v) is 8.07. The highest BCUT2D eigenvalue weighted by atomic mass is 15.0. The van der Waals surface area contributed by atoms with Gasteiger partial charge in [0.15, 0.2) is 0 Å². The first-order chi connectivity index (χ1) is 18.4. The summed E-state index contributed by atoms with van der Waals surface area (Å²) in [5.74, 6) is 0. The molecule has 9 rings (SSSR count). The van der Waals surface area contributed by atoms with Gasteiger partial charge in [-0.2, -0.15) is 0 Å². The smallest absolute Gasteiger partial charge is 0.145 e. The van der Waals surface area contributed by atoms with Crippen molar-refractivity contribution < 1.29 is 0 Å². The Morgan fingerprint density at radius 3 is 2.46 bits per heavy atom. The number of imidazole rings is 1. The van der Waals surface area contributed by atoms with Gasteiger partial charge in [0.1, 0.15) is 5.65 Å². The first kappa shape index (κ1) is 19.3. The molecule has 0 amide bonds. The Morgan fingerprint density at radius 2 is 1.51 bits per heavy atom. The first-order valence-electron chi connectivity index (χ1n) is 12.6. The Bertz CT molecular complexity index is 2220. The average Bonchev–Trinajstić information content (AvgIpc) is 3.66. The molecular formula is C33H20N4. The monoisotopic (exact) mass is 472 g/mol. The highest BCUT2D eigenvalue weighted by Crippen LogP contribution is 2.45. The molecule has 0 fully saturated rings. The van der Waals surface area contributed by atoms with Crippen LogP contribution in [-0.2, 0) is 6.42 Å². The van der Waals surface area contributed by atoms with Crippen molar-refractivity contribution in [2.24, 2.45) is 0 Å². The largest absolute Gasteiger partial charge is 0.309 e. The lowest BCUT2D eigenvalue weighted by Gasteiger charge is -2.13. The normalized spacial score (nSPS) is 12.8. The van der Waals surface area contributed by atoms with Crippen LogP contribution in [0, 0.1) is 0 Å². The van der Waals surface area contributed by atoms with Crippen LogP contribution in [-0.4, -0.2) is 18.9 Å². The van der Waals surface area contributed by atoms with E-state index >= 15 is 0 Å². The molecule has 4 heterocycles. The zero-order chi connectivity index (χ0) is 24.1. The molecule has 172 valence electrons. The second kappa shape index (κ2) is 6.83. The van der Waals surface area contributed by atoms with Gasteiger partial charge >= 0.3 is 0 Å². The van der Waals surface area contributed by atoms with Crippen molar-refractivity contribution in [1.82, 2.24) is 18.9 Å². The van der Waals surface area contributed by atoms with Crippen LogP contribution in [0.25, 0.3) is 65.9 Å². The summed E-state index contributed by atoms with van der Waals surface area (Å²) in [5.41, 5.74) is 11.1. The SMILES string of the molecule is c1ccc(-n2c3cc4c(cc3c3ccc5c(c6ccncc6n6ccnc56)c32)Cc2ccccc2-4)cc1. The van der Waals surface area contributed by atoms with E-state index in [1.54, 1.807) is 0 Å². The second-order valence-electron chi connectivity index (χ2n) is 9.93. The Hall–Kier alpha value is -4.96. The summed E-state index contributed by atoms with van der Waals surface area (Å²) in [4.78, 5) is 9.22. The zero-order valence-corrected chi connectivity index (χ0v) is 19.9. The summed E-state index contributed by atoms with van der Waals surface area (Å²) in [5, 5.41) is 6.10. The van der Waals surface area contributed by atoms with E-state index in [0.717, 1.165) is 28.7 Å². The van der Waals surface area contributed by atoms with Crippen LogP contribution in [0.3, 0.4) is 0 Å². The van der Waals surface area contributed by atoms with Crippen molar-refractivity contribution in [3.63, 3.8) is 0 Å². The van der Waals surface area contributed by atoms with Gasteiger partial charge in [-0.25, -0.2) is 4.98 Å². The van der Waals surface area contributed by atoms with Gasteiger partial charge in [-0.1, -0.05) is 48.5 Å². The molecule has 0 N–H and O–H groups in total. The molecule has 0 saturated carbocycles. The fraction of sp³-hybridized carbons (Fsp3) is 0.0303. The first-order valence-corrected chi connectivity index (χ1v) is 12.6. The molecule has 1 aliphatic rings. The molecule has 0 radical (unpaired) electrons. The maximum atomic E-state index is 4.76. The maximum Gasteiger partial charge on any atom is 0.145 e. The molecule has 0 saturated heterocycles. The predicted octanol–water partition coefficient (Wildman–Crippen LogP) is 7.70. The zero-order valence-electron chi connectivity index (χ0n) is 19.9. The van der Waals surface area contributed by atoms with Gasteiger partial charge in [0.2, 0.25) is 0 Å². The molecule has 0 bridgehead atoms. The molecule has 0 atom stereocenters. The topological polar surface area (TPSA) is 35.1 Å². The third-order valence-electron chi connectivity index (χ3n) is 8.07. The number of nitrogens with zero attached hydrogens (tertiary/aromatic N) is 4. The van der Waals surface area contributed by atoms with Crippen LogP contribution in [0.5, 0.6) is 0 Å². The molecule has 0 spiro atoms. The Labute approximate surface area is 212 Å². The van der Waals surface area contributed by atoms with E-state index < -0.39 is 0 Å². The van der Waals surface area contributed by atoms with Crippen LogP contribution in [0.4, 0.5) is 0 Å². The minimum atomic E-state index is 0.957. The third kappa shape index (κ3) is 2.42. The van der Waals surface area contributed by atoms with Crippen molar-refractivity contribution in [3.05, 3.63) is 121 Å². The van der Waals surface area contributed by atoms with E-state index in [4.69, 9.17) is 4.98 Å². The van der Waals surface area contributed by atoms with Crippen molar-refractivity contribution in [3.8, 4) is 16.8 Å². The standard InChI is InChI=1S/C33H20N4/c1-2-7-22(8-3-1)37-29-18-27-21(16-20-6-4-5-9-23(20)27)17-28(29)24-10-11-26-31(32(24)37)25-12-13-34-19-30(25)36-15-14-35-33(26)36/h1-15,17-19H,16H2. The van der Waals surface area contributed by atoms with Gasteiger partial charge in [-0.3, -0.25) is 9.38 Å². The number of fused-ring (bicyclic) bond motifs is 13. The predicted molar refractivity (Wildman–Crippen MR) is 151 cm³/mol. The van der Waals surface area contributed by atoms with Crippen LogP contribution in [0.2, 0.25) is 0 Å². The summed E-state index contributed by atoms with van der Waals surface area (Å²) in [7, 11) is 0. The quantitative estimate of drug-likeness (QED) is 0.229. The number of hydrogen-bond acceptors (Lipinski definition) is 2. The summed E-state index contributed by atoms with van der Waals surface area (Å²) < 4.78 is 4.60. The molecule has 4 aromatic carbocycles. The van der Waals surface area contributed by atoms with Gasteiger partial charge in [0, 0.05) is 51.2 Å². The Morgan fingerprint density at radius 1 is 0.649 bits per heavy atom. The molecule has 0 unspecified atom stereocenters. The van der Waals surface area contributed by atoms with Crippen molar-refractivity contribution in [1.29, 1.82) is 0 Å². The molecule has 1 aliphatic carbocycles. The van der Waals surface area contributed by atoms with E-state index in [9.17, 15) is 0 Å². The minimum absolute atomic E-state index is 0.957. The molecule has 4 nitrogen and oxygen atoms in total. The Kier molecular flexibility index (Phi) is 3.55. The van der Waals surface area contributed by atoms with Gasteiger partial charge in [0.25, 0.3) is 0 Å². The van der Waals surface area contributed by atoms with Gasteiger partial charge in [-0.15, -0.1) is 0 Å². The number of para-hydroxylation sites is 1. The van der Waals surface area contributed by atoms with Crippen molar-refractivity contribution >= 4 is 49.1 Å². The second-order valence-corrected chi connectivity index (χ2v) is 9.93. The summed E-state index contributed by atoms with van der Waals surface area (Å²) in [6.45, 7) is 0. The van der Waals surface area contributed by atoms with Crippen molar-refractivity contribution in [2.45, 2.75) is 6.42 Å². The molecule has 0 aliphatic heterocycles. The molecule has 4 heteroatoms. The van der Waals surface area contributed by atoms with Crippen LogP contribution >= 0.6 is 0 Å². The van der Waals surface area contributed by atoms with Crippen LogP contribution < -0.4 is 0 Å². The number of rotatable bonds is 1. The Balaban J connectivity index is 1.56. The number of pyridine rings is 2. The fourth-order valence-electron chi connectivity index (χ4n) is 6.53. The number of aromatic nitrogens is 4. The van der Waals surface area contributed by atoms with Crippen LogP contribution in [0.15, 0.2) is 110 Å². The molecule has 4 aromatic heterocycles. The molecule has 37 heavy (non-hydrogen) atoms.